The van der Waals surface area contributed by atoms with Gasteiger partial charge in [0.05, 0.1) is 25.0 Å². The average molecular weight is 458 g/mol. The van der Waals surface area contributed by atoms with Gasteiger partial charge in [0.2, 0.25) is 0 Å². The highest BCUT2D eigenvalue weighted by Gasteiger charge is 2.26. The molecule has 2 heterocycles. The lowest BCUT2D eigenvalue weighted by Crippen LogP contribution is -2.48. The van der Waals surface area contributed by atoms with Crippen molar-refractivity contribution in [2.45, 2.75) is 18.9 Å². The summed E-state index contributed by atoms with van der Waals surface area (Å²) in [4.78, 5) is 36.0. The third kappa shape index (κ3) is 5.50. The summed E-state index contributed by atoms with van der Waals surface area (Å²) in [6.45, 7) is 0.523. The average Bonchev–Trinajstić information content (AvgIpc) is 2.87. The summed E-state index contributed by atoms with van der Waals surface area (Å²) in [5, 5.41) is 4.03. The first-order chi connectivity index (χ1) is 16.5. The summed E-state index contributed by atoms with van der Waals surface area (Å²) in [7, 11) is 2.94. The smallest absolute Gasteiger partial charge is 0.268 e. The van der Waals surface area contributed by atoms with Crippen molar-refractivity contribution in [1.29, 1.82) is 0 Å². The van der Waals surface area contributed by atoms with Crippen LogP contribution in [0.5, 0.6) is 5.75 Å². The van der Waals surface area contributed by atoms with E-state index in [1.165, 1.54) is 14.2 Å². The highest BCUT2D eigenvalue weighted by Crippen LogP contribution is 2.26. The van der Waals surface area contributed by atoms with Gasteiger partial charge in [-0.2, -0.15) is 0 Å². The van der Waals surface area contributed by atoms with Crippen LogP contribution in [-0.4, -0.2) is 48.7 Å². The van der Waals surface area contributed by atoms with Crippen LogP contribution in [0, 0.1) is 0 Å². The van der Waals surface area contributed by atoms with Gasteiger partial charge in [0.25, 0.3) is 11.8 Å². The monoisotopic (exact) mass is 457 g/mol. The lowest BCUT2D eigenvalue weighted by Gasteiger charge is -2.23. The number of hydrogen-bond acceptors (Lipinski definition) is 5. The normalized spacial score (nSPS) is 16.9. The molecule has 0 saturated carbocycles. The van der Waals surface area contributed by atoms with Gasteiger partial charge in [0.15, 0.2) is 0 Å². The van der Waals surface area contributed by atoms with Gasteiger partial charge in [-0.15, -0.1) is 0 Å². The van der Waals surface area contributed by atoms with E-state index in [1.807, 2.05) is 54.6 Å². The summed E-state index contributed by atoms with van der Waals surface area (Å²) in [5.74, 6) is -0.0443. The maximum Gasteiger partial charge on any atom is 0.268 e. The van der Waals surface area contributed by atoms with E-state index < -0.39 is 11.9 Å². The number of hydroxylamine groups is 2. The Morgan fingerprint density at radius 3 is 2.85 bits per heavy atom. The second-order valence-electron chi connectivity index (χ2n) is 7.96. The first-order valence-corrected chi connectivity index (χ1v) is 11.1. The van der Waals surface area contributed by atoms with E-state index in [1.54, 1.807) is 18.3 Å². The Bertz CT molecular complexity index is 1210. The van der Waals surface area contributed by atoms with E-state index in [4.69, 9.17) is 9.57 Å². The van der Waals surface area contributed by atoms with Crippen LogP contribution in [-0.2, 0) is 16.1 Å². The quantitative estimate of drug-likeness (QED) is 0.591. The molecule has 1 aliphatic heterocycles. The van der Waals surface area contributed by atoms with Crippen LogP contribution < -0.4 is 10.1 Å². The molecule has 1 aromatic heterocycles. The van der Waals surface area contributed by atoms with Crippen LogP contribution in [0.1, 0.15) is 27.9 Å². The molecule has 1 atom stereocenters. The van der Waals surface area contributed by atoms with Gasteiger partial charge in [-0.3, -0.25) is 19.4 Å². The molecule has 2 amide bonds. The highest BCUT2D eigenvalue weighted by atomic mass is 16.7. The van der Waals surface area contributed by atoms with Gasteiger partial charge < -0.3 is 10.1 Å². The minimum atomic E-state index is -0.824. The number of amides is 2. The third-order valence-corrected chi connectivity index (χ3v) is 5.60. The van der Waals surface area contributed by atoms with Crippen LogP contribution >= 0.6 is 0 Å². The number of hydrogen-bond donors (Lipinski definition) is 1. The van der Waals surface area contributed by atoms with Crippen LogP contribution in [0.3, 0.4) is 0 Å². The lowest BCUT2D eigenvalue weighted by atomic mass is 10.0. The first kappa shape index (κ1) is 23.2. The van der Waals surface area contributed by atoms with Crippen molar-refractivity contribution >= 4 is 17.9 Å². The Hall–Kier alpha value is -3.97. The molecule has 4 bridgehead atoms. The molecule has 7 heteroatoms. The second-order valence-corrected chi connectivity index (χ2v) is 7.96. The molecule has 4 rings (SSSR count). The molecule has 2 aromatic carbocycles. The number of likely N-dealkylation sites (N-methyl/N-ethyl adjacent to an activating group) is 1. The Morgan fingerprint density at radius 1 is 1.15 bits per heavy atom. The molecule has 174 valence electrons. The Balaban J connectivity index is 1.76. The van der Waals surface area contributed by atoms with Crippen LogP contribution in [0.15, 0.2) is 72.9 Å². The first-order valence-electron chi connectivity index (χ1n) is 11.1. The number of nitrogens with zero attached hydrogens (tertiary/aromatic N) is 2. The molecule has 3 aromatic rings. The van der Waals surface area contributed by atoms with Gasteiger partial charge in [0.1, 0.15) is 11.8 Å². The van der Waals surface area contributed by atoms with Gasteiger partial charge in [0, 0.05) is 25.2 Å². The maximum absolute atomic E-state index is 13.4. The number of fused-ring (bicyclic) bond motifs is 6. The fraction of sp³-hybridized carbons (Fsp3) is 0.222. The number of carbonyl (C=O) groups is 2. The highest BCUT2D eigenvalue weighted by molar-refractivity contribution is 6.02. The van der Waals surface area contributed by atoms with Gasteiger partial charge >= 0.3 is 0 Å². The molecule has 0 radical (unpaired) electrons. The van der Waals surface area contributed by atoms with Crippen molar-refractivity contribution in [3.63, 3.8) is 0 Å². The summed E-state index contributed by atoms with van der Waals surface area (Å²) >= 11 is 0. The number of benzene rings is 2. The number of ether oxygens (including phenoxy) is 1. The standard InChI is InChI=1S/C27H27N3O4/c1-30(33-2)27(32)24-17-20-10-5-9-19(16-20)8-3-4-15-34-22-12-6-11-21(18-22)25-23(26(31)29-24)13-7-14-28-25/h3,5-14,16,18,24H,4,15,17H2,1-2H3,(H,29,31)/b8-3+/t24-/m0/s1. The van der Waals surface area contributed by atoms with Crippen LogP contribution in [0.25, 0.3) is 17.3 Å². The van der Waals surface area contributed by atoms with Gasteiger partial charge in [-0.25, -0.2) is 5.06 Å². The molecule has 0 saturated heterocycles. The fourth-order valence-electron chi connectivity index (χ4n) is 3.82. The predicted octanol–water partition coefficient (Wildman–Crippen LogP) is 3.91. The topological polar surface area (TPSA) is 80.8 Å². The summed E-state index contributed by atoms with van der Waals surface area (Å²) in [5.41, 5.74) is 3.58. The molecule has 0 fully saturated rings. The zero-order chi connectivity index (χ0) is 23.9. The van der Waals surface area contributed by atoms with Crippen LogP contribution in [0.2, 0.25) is 0 Å². The Kier molecular flexibility index (Phi) is 7.34. The minimum absolute atomic E-state index is 0.314. The summed E-state index contributed by atoms with van der Waals surface area (Å²) in [6.07, 6.45) is 6.77. The number of rotatable bonds is 2. The van der Waals surface area contributed by atoms with Crippen molar-refractivity contribution in [2.75, 3.05) is 20.8 Å². The Morgan fingerprint density at radius 2 is 2.00 bits per heavy atom. The molecular formula is C27H27N3O4. The lowest BCUT2D eigenvalue weighted by molar-refractivity contribution is -0.170. The number of carbonyl (C=O) groups excluding carboxylic acids is 2. The molecule has 1 N–H and O–H groups in total. The van der Waals surface area contributed by atoms with E-state index in [0.29, 0.717) is 30.0 Å². The van der Waals surface area contributed by atoms with Crippen molar-refractivity contribution in [3.05, 3.63) is 89.6 Å². The van der Waals surface area contributed by atoms with Crippen molar-refractivity contribution in [3.8, 4) is 17.0 Å². The van der Waals surface area contributed by atoms with E-state index in [-0.39, 0.29) is 5.91 Å². The summed E-state index contributed by atoms with van der Waals surface area (Å²) in [6, 6.07) is 18.0. The molecule has 7 nitrogen and oxygen atoms in total. The van der Waals surface area contributed by atoms with Crippen molar-refractivity contribution in [2.24, 2.45) is 0 Å². The predicted molar refractivity (Wildman–Crippen MR) is 130 cm³/mol. The molecule has 34 heavy (non-hydrogen) atoms. The largest absolute Gasteiger partial charge is 0.493 e. The SMILES string of the molecule is CON(C)C(=O)[C@@H]1Cc2cccc(c2)/C=C/CCOc2cccc(c2)-c2ncccc2C(=O)N1. The number of aromatic nitrogens is 1. The zero-order valence-corrected chi connectivity index (χ0v) is 19.2. The number of nitrogens with one attached hydrogen (secondary N) is 1. The second kappa shape index (κ2) is 10.8. The van der Waals surface area contributed by atoms with Gasteiger partial charge in [-0.1, -0.05) is 48.6 Å². The van der Waals surface area contributed by atoms with Crippen LogP contribution in [0.4, 0.5) is 0 Å². The summed E-state index contributed by atoms with van der Waals surface area (Å²) < 4.78 is 5.91. The maximum atomic E-state index is 13.4. The molecule has 0 aliphatic carbocycles. The molecule has 1 aliphatic rings. The van der Waals surface area contributed by atoms with Gasteiger partial charge in [-0.05, 0) is 41.8 Å². The zero-order valence-electron chi connectivity index (χ0n) is 19.2. The van der Waals surface area contributed by atoms with E-state index >= 15 is 0 Å². The molecular weight excluding hydrogens is 430 g/mol. The van der Waals surface area contributed by atoms with E-state index in [9.17, 15) is 9.59 Å². The fourth-order valence-corrected chi connectivity index (χ4v) is 3.82. The minimum Gasteiger partial charge on any atom is -0.493 e. The van der Waals surface area contributed by atoms with Crippen molar-refractivity contribution < 1.29 is 19.2 Å². The van der Waals surface area contributed by atoms with E-state index in [2.05, 4.69) is 16.4 Å². The molecule has 0 spiro atoms. The Labute approximate surface area is 199 Å². The number of pyridine rings is 1. The third-order valence-electron chi connectivity index (χ3n) is 5.60. The molecule has 0 unspecified atom stereocenters. The van der Waals surface area contributed by atoms with E-state index in [0.717, 1.165) is 28.2 Å². The van der Waals surface area contributed by atoms with Crippen molar-refractivity contribution in [1.82, 2.24) is 15.4 Å².